The summed E-state index contributed by atoms with van der Waals surface area (Å²) in [6.07, 6.45) is 0. The van der Waals surface area contributed by atoms with E-state index in [1.54, 1.807) is 0 Å². The molecule has 1 aromatic heterocycles. The molecule has 1 N–H and O–H groups in total. The van der Waals surface area contributed by atoms with E-state index >= 15 is 0 Å². The Bertz CT molecular complexity index is 792. The lowest BCUT2D eigenvalue weighted by Gasteiger charge is -2.17. The lowest BCUT2D eigenvalue weighted by molar-refractivity contribution is 0.733. The summed E-state index contributed by atoms with van der Waals surface area (Å²) in [7, 11) is 2.05. The van der Waals surface area contributed by atoms with E-state index in [9.17, 15) is 0 Å². The first-order valence-corrected chi connectivity index (χ1v) is 7.38. The molecule has 0 spiro atoms. The third-order valence-corrected chi connectivity index (χ3v) is 4.00. The maximum Gasteiger partial charge on any atom is 0.131 e. The van der Waals surface area contributed by atoms with Gasteiger partial charge < -0.3 is 9.88 Å². The Labute approximate surface area is 129 Å². The number of nitrogens with one attached hydrogen (secondary N) is 1. The van der Waals surface area contributed by atoms with Gasteiger partial charge in [0, 0.05) is 17.8 Å². The van der Waals surface area contributed by atoms with Crippen molar-refractivity contribution in [3.8, 4) is 0 Å². The SMILES string of the molecule is Cc1cc(Cl)ccc1NC(C)c1nc2ccccc2n1C. The number of para-hydroxylation sites is 2. The fourth-order valence-electron chi connectivity index (χ4n) is 2.64. The molecule has 108 valence electrons. The van der Waals surface area contributed by atoms with Crippen molar-refractivity contribution >= 4 is 28.3 Å². The van der Waals surface area contributed by atoms with Gasteiger partial charge in [-0.15, -0.1) is 0 Å². The Kier molecular flexibility index (Phi) is 3.60. The molecule has 0 amide bonds. The van der Waals surface area contributed by atoms with Crippen molar-refractivity contribution in [1.82, 2.24) is 9.55 Å². The van der Waals surface area contributed by atoms with Crippen molar-refractivity contribution in [3.63, 3.8) is 0 Å². The molecular formula is C17H18ClN3. The first-order chi connectivity index (χ1) is 10.1. The number of fused-ring (bicyclic) bond motifs is 1. The molecule has 0 saturated carbocycles. The Morgan fingerprint density at radius 2 is 1.95 bits per heavy atom. The van der Waals surface area contributed by atoms with Crippen molar-refractivity contribution in [3.05, 3.63) is 58.9 Å². The number of halogens is 1. The van der Waals surface area contributed by atoms with Gasteiger partial charge in [-0.3, -0.25) is 0 Å². The van der Waals surface area contributed by atoms with Gasteiger partial charge in [0.2, 0.25) is 0 Å². The van der Waals surface area contributed by atoms with E-state index in [1.807, 2.05) is 36.4 Å². The molecule has 0 aliphatic heterocycles. The number of aryl methyl sites for hydroxylation is 2. The van der Waals surface area contributed by atoms with Crippen molar-refractivity contribution in [1.29, 1.82) is 0 Å². The molecule has 3 nitrogen and oxygen atoms in total. The highest BCUT2D eigenvalue weighted by atomic mass is 35.5. The van der Waals surface area contributed by atoms with Crippen LogP contribution >= 0.6 is 11.6 Å². The summed E-state index contributed by atoms with van der Waals surface area (Å²) < 4.78 is 2.14. The Balaban J connectivity index is 1.93. The normalized spacial score (nSPS) is 12.6. The van der Waals surface area contributed by atoms with Crippen LogP contribution < -0.4 is 5.32 Å². The van der Waals surface area contributed by atoms with Gasteiger partial charge in [0.25, 0.3) is 0 Å². The first-order valence-electron chi connectivity index (χ1n) is 7.00. The Hall–Kier alpha value is -2.00. The number of aromatic nitrogens is 2. The van der Waals surface area contributed by atoms with Crippen molar-refractivity contribution in [2.24, 2.45) is 7.05 Å². The third-order valence-electron chi connectivity index (χ3n) is 3.77. The predicted molar refractivity (Wildman–Crippen MR) is 88.9 cm³/mol. The van der Waals surface area contributed by atoms with Crippen LogP contribution in [0.2, 0.25) is 5.02 Å². The Morgan fingerprint density at radius 1 is 1.19 bits per heavy atom. The molecule has 0 aliphatic rings. The van der Waals surface area contributed by atoms with Gasteiger partial charge in [-0.25, -0.2) is 4.98 Å². The first kappa shape index (κ1) is 14.0. The van der Waals surface area contributed by atoms with Crippen LogP contribution in [-0.4, -0.2) is 9.55 Å². The molecule has 0 fully saturated rings. The van der Waals surface area contributed by atoms with Crippen LogP contribution in [-0.2, 0) is 7.05 Å². The average molecular weight is 300 g/mol. The zero-order valence-corrected chi connectivity index (χ0v) is 13.1. The molecule has 0 radical (unpaired) electrons. The summed E-state index contributed by atoms with van der Waals surface area (Å²) in [5.74, 6) is 1.02. The van der Waals surface area contributed by atoms with Crippen LogP contribution in [0.1, 0.15) is 24.4 Å². The van der Waals surface area contributed by atoms with Crippen LogP contribution in [0.15, 0.2) is 42.5 Å². The summed E-state index contributed by atoms with van der Waals surface area (Å²) in [4.78, 5) is 4.73. The van der Waals surface area contributed by atoms with Crippen LogP contribution in [0.25, 0.3) is 11.0 Å². The quantitative estimate of drug-likeness (QED) is 0.759. The molecular weight excluding hydrogens is 282 g/mol. The van der Waals surface area contributed by atoms with Crippen LogP contribution in [0.3, 0.4) is 0 Å². The minimum absolute atomic E-state index is 0.113. The van der Waals surface area contributed by atoms with E-state index in [0.29, 0.717) is 0 Å². The maximum absolute atomic E-state index is 6.00. The number of benzene rings is 2. The monoisotopic (exact) mass is 299 g/mol. The molecule has 0 aliphatic carbocycles. The summed E-state index contributed by atoms with van der Waals surface area (Å²) in [5.41, 5.74) is 4.39. The highest BCUT2D eigenvalue weighted by Gasteiger charge is 2.14. The van der Waals surface area contributed by atoms with Gasteiger partial charge >= 0.3 is 0 Å². The van der Waals surface area contributed by atoms with Crippen molar-refractivity contribution in [2.75, 3.05) is 5.32 Å². The molecule has 4 heteroatoms. The molecule has 3 aromatic rings. The van der Waals surface area contributed by atoms with E-state index in [1.165, 1.54) is 0 Å². The fraction of sp³-hybridized carbons (Fsp3) is 0.235. The summed E-state index contributed by atoms with van der Waals surface area (Å²) >= 11 is 6.00. The van der Waals surface area contributed by atoms with Gasteiger partial charge in [-0.1, -0.05) is 23.7 Å². The zero-order valence-electron chi connectivity index (χ0n) is 12.4. The van der Waals surface area contributed by atoms with Gasteiger partial charge in [0.15, 0.2) is 0 Å². The van der Waals surface area contributed by atoms with E-state index in [0.717, 1.165) is 33.1 Å². The third kappa shape index (κ3) is 2.61. The number of rotatable bonds is 3. The van der Waals surface area contributed by atoms with E-state index < -0.39 is 0 Å². The van der Waals surface area contributed by atoms with Crippen LogP contribution in [0.4, 0.5) is 5.69 Å². The van der Waals surface area contributed by atoms with Crippen molar-refractivity contribution in [2.45, 2.75) is 19.9 Å². The predicted octanol–water partition coefficient (Wildman–Crippen LogP) is 4.71. The van der Waals surface area contributed by atoms with Gasteiger partial charge in [0.1, 0.15) is 5.82 Å². The largest absolute Gasteiger partial charge is 0.375 e. The smallest absolute Gasteiger partial charge is 0.131 e. The number of nitrogens with zero attached hydrogens (tertiary/aromatic N) is 2. The van der Waals surface area contributed by atoms with E-state index in [2.05, 4.69) is 36.8 Å². The molecule has 1 atom stereocenters. The lowest BCUT2D eigenvalue weighted by Crippen LogP contribution is -2.12. The number of hydrogen-bond donors (Lipinski definition) is 1. The maximum atomic E-state index is 6.00. The minimum Gasteiger partial charge on any atom is -0.375 e. The number of hydrogen-bond acceptors (Lipinski definition) is 2. The fourth-order valence-corrected chi connectivity index (χ4v) is 2.86. The van der Waals surface area contributed by atoms with Gasteiger partial charge in [-0.05, 0) is 49.7 Å². The second-order valence-electron chi connectivity index (χ2n) is 5.34. The number of anilines is 1. The minimum atomic E-state index is 0.113. The van der Waals surface area contributed by atoms with Crippen LogP contribution in [0, 0.1) is 6.92 Å². The molecule has 0 bridgehead atoms. The standard InChI is InChI=1S/C17H18ClN3/c1-11-10-13(18)8-9-14(11)19-12(2)17-20-15-6-4-5-7-16(15)21(17)3/h4-10,12,19H,1-3H3. The van der Waals surface area contributed by atoms with Crippen molar-refractivity contribution < 1.29 is 0 Å². The topological polar surface area (TPSA) is 29.9 Å². The summed E-state index contributed by atoms with van der Waals surface area (Å²) in [6, 6.07) is 14.2. The van der Waals surface area contributed by atoms with E-state index in [-0.39, 0.29) is 6.04 Å². The zero-order chi connectivity index (χ0) is 15.0. The Morgan fingerprint density at radius 3 is 2.67 bits per heavy atom. The molecule has 1 unspecified atom stereocenters. The summed E-state index contributed by atoms with van der Waals surface area (Å²) in [6.45, 7) is 4.17. The molecule has 21 heavy (non-hydrogen) atoms. The molecule has 1 heterocycles. The molecule has 0 saturated heterocycles. The van der Waals surface area contributed by atoms with Gasteiger partial charge in [-0.2, -0.15) is 0 Å². The highest BCUT2D eigenvalue weighted by Crippen LogP contribution is 2.25. The second-order valence-corrected chi connectivity index (χ2v) is 5.78. The second kappa shape index (κ2) is 5.41. The highest BCUT2D eigenvalue weighted by molar-refractivity contribution is 6.30. The molecule has 2 aromatic carbocycles. The summed E-state index contributed by atoms with van der Waals surface area (Å²) in [5, 5.41) is 4.27. The molecule has 3 rings (SSSR count). The van der Waals surface area contributed by atoms with Gasteiger partial charge in [0.05, 0.1) is 17.1 Å². The lowest BCUT2D eigenvalue weighted by atomic mass is 10.2. The number of imidazole rings is 1. The van der Waals surface area contributed by atoms with E-state index in [4.69, 9.17) is 16.6 Å². The van der Waals surface area contributed by atoms with Crippen LogP contribution in [0.5, 0.6) is 0 Å². The average Bonchev–Trinajstić information content (AvgIpc) is 2.80.